The molecule has 134 valence electrons. The zero-order valence-electron chi connectivity index (χ0n) is 15.0. The first-order valence-corrected chi connectivity index (χ1v) is 8.39. The molecule has 1 aromatic carbocycles. The minimum Gasteiger partial charge on any atom is -0.383 e. The average Bonchev–Trinajstić information content (AvgIpc) is 2.65. The maximum absolute atomic E-state index is 12.3. The Kier molecular flexibility index (Phi) is 7.16. The van der Waals surface area contributed by atoms with Crippen molar-refractivity contribution in [2.45, 2.75) is 13.8 Å². The van der Waals surface area contributed by atoms with Crippen LogP contribution >= 0.6 is 0 Å². The first-order chi connectivity index (χ1) is 12.2. The van der Waals surface area contributed by atoms with Gasteiger partial charge < -0.3 is 20.3 Å². The van der Waals surface area contributed by atoms with Crippen LogP contribution in [0.2, 0.25) is 0 Å². The fourth-order valence-corrected chi connectivity index (χ4v) is 2.35. The summed E-state index contributed by atoms with van der Waals surface area (Å²) in [4.78, 5) is 22.8. The van der Waals surface area contributed by atoms with Gasteiger partial charge in [-0.1, -0.05) is 0 Å². The number of amides is 1. The highest BCUT2D eigenvalue weighted by Crippen LogP contribution is 2.18. The van der Waals surface area contributed by atoms with E-state index < -0.39 is 0 Å². The second kappa shape index (κ2) is 9.58. The summed E-state index contributed by atoms with van der Waals surface area (Å²) < 4.78 is 4.94. The molecule has 25 heavy (non-hydrogen) atoms. The highest BCUT2D eigenvalue weighted by Gasteiger charge is 2.08. The number of anilines is 3. The van der Waals surface area contributed by atoms with E-state index in [1.165, 1.54) is 12.4 Å². The minimum atomic E-state index is -0.237. The molecule has 7 heteroatoms. The number of rotatable bonds is 9. The molecule has 2 N–H and O–H groups in total. The van der Waals surface area contributed by atoms with E-state index in [1.807, 2.05) is 24.3 Å². The summed E-state index contributed by atoms with van der Waals surface area (Å²) in [6, 6.07) is 7.80. The molecule has 2 aromatic rings. The Morgan fingerprint density at radius 2 is 1.76 bits per heavy atom. The number of hydrogen-bond donors (Lipinski definition) is 2. The van der Waals surface area contributed by atoms with Crippen molar-refractivity contribution in [3.63, 3.8) is 0 Å². The molecule has 0 fully saturated rings. The maximum Gasteiger partial charge on any atom is 0.258 e. The molecule has 1 heterocycles. The Labute approximate surface area is 148 Å². The Balaban J connectivity index is 1.95. The van der Waals surface area contributed by atoms with Crippen LogP contribution in [0.15, 0.2) is 36.7 Å². The van der Waals surface area contributed by atoms with E-state index in [4.69, 9.17) is 4.74 Å². The topological polar surface area (TPSA) is 79.4 Å². The van der Waals surface area contributed by atoms with Gasteiger partial charge in [0.2, 0.25) is 5.95 Å². The molecule has 0 aliphatic rings. The Morgan fingerprint density at radius 1 is 1.12 bits per heavy atom. The van der Waals surface area contributed by atoms with E-state index in [1.54, 1.807) is 7.11 Å². The molecule has 0 aliphatic carbocycles. The molecule has 0 saturated carbocycles. The van der Waals surface area contributed by atoms with Gasteiger partial charge in [0.15, 0.2) is 0 Å². The summed E-state index contributed by atoms with van der Waals surface area (Å²) >= 11 is 0. The van der Waals surface area contributed by atoms with Crippen LogP contribution < -0.4 is 15.5 Å². The predicted octanol–water partition coefficient (Wildman–Crippen LogP) is 2.63. The first kappa shape index (κ1) is 18.7. The van der Waals surface area contributed by atoms with Gasteiger partial charge in [-0.05, 0) is 38.1 Å². The van der Waals surface area contributed by atoms with Crippen LogP contribution in [0.3, 0.4) is 0 Å². The largest absolute Gasteiger partial charge is 0.383 e. The third-order valence-corrected chi connectivity index (χ3v) is 3.76. The Hall–Kier alpha value is -2.67. The van der Waals surface area contributed by atoms with E-state index in [2.05, 4.69) is 39.3 Å². The quantitative estimate of drug-likeness (QED) is 0.682. The molecule has 2 rings (SSSR count). The van der Waals surface area contributed by atoms with Crippen molar-refractivity contribution in [1.29, 1.82) is 0 Å². The van der Waals surface area contributed by atoms with E-state index in [0.29, 0.717) is 24.7 Å². The highest BCUT2D eigenvalue weighted by molar-refractivity contribution is 6.03. The fraction of sp³-hybridized carbons (Fsp3) is 0.389. The molecular formula is C18H25N5O2. The lowest BCUT2D eigenvalue weighted by atomic mass is 10.2. The van der Waals surface area contributed by atoms with Gasteiger partial charge in [0.05, 0.1) is 12.2 Å². The van der Waals surface area contributed by atoms with Gasteiger partial charge in [-0.2, -0.15) is 0 Å². The van der Waals surface area contributed by atoms with Crippen LogP contribution in [0.25, 0.3) is 0 Å². The second-order valence-corrected chi connectivity index (χ2v) is 5.39. The van der Waals surface area contributed by atoms with E-state index in [9.17, 15) is 4.79 Å². The SMILES string of the molecule is CCN(CC)c1ccc(NC(=O)c2cnc(NCCOC)nc2)cc1. The molecule has 0 atom stereocenters. The normalized spacial score (nSPS) is 10.4. The first-order valence-electron chi connectivity index (χ1n) is 8.39. The molecule has 0 radical (unpaired) electrons. The molecule has 0 aliphatic heterocycles. The predicted molar refractivity (Wildman–Crippen MR) is 100 cm³/mol. The van der Waals surface area contributed by atoms with Gasteiger partial charge in [0.1, 0.15) is 0 Å². The molecule has 0 spiro atoms. The summed E-state index contributed by atoms with van der Waals surface area (Å²) in [7, 11) is 1.63. The minimum absolute atomic E-state index is 0.237. The van der Waals surface area contributed by atoms with Crippen molar-refractivity contribution in [2.24, 2.45) is 0 Å². The van der Waals surface area contributed by atoms with Crippen LogP contribution in [0.1, 0.15) is 24.2 Å². The lowest BCUT2D eigenvalue weighted by molar-refractivity contribution is 0.102. The van der Waals surface area contributed by atoms with E-state index in [0.717, 1.165) is 24.5 Å². The van der Waals surface area contributed by atoms with Gasteiger partial charge in [-0.3, -0.25) is 4.79 Å². The van der Waals surface area contributed by atoms with Crippen molar-refractivity contribution in [1.82, 2.24) is 9.97 Å². The molecule has 1 amide bonds. The zero-order chi connectivity index (χ0) is 18.1. The van der Waals surface area contributed by atoms with Crippen molar-refractivity contribution in [3.8, 4) is 0 Å². The smallest absolute Gasteiger partial charge is 0.258 e. The molecule has 0 saturated heterocycles. The summed E-state index contributed by atoms with van der Waals surface area (Å²) in [6.45, 7) is 7.31. The van der Waals surface area contributed by atoms with Crippen LogP contribution in [-0.4, -0.2) is 49.2 Å². The fourth-order valence-electron chi connectivity index (χ4n) is 2.35. The van der Waals surface area contributed by atoms with Crippen molar-refractivity contribution in [3.05, 3.63) is 42.2 Å². The molecular weight excluding hydrogens is 318 g/mol. The van der Waals surface area contributed by atoms with Gasteiger partial charge in [0.25, 0.3) is 5.91 Å². The molecule has 0 bridgehead atoms. The number of hydrogen-bond acceptors (Lipinski definition) is 6. The third kappa shape index (κ3) is 5.42. The lowest BCUT2D eigenvalue weighted by Gasteiger charge is -2.21. The van der Waals surface area contributed by atoms with Crippen LogP contribution in [0, 0.1) is 0 Å². The lowest BCUT2D eigenvalue weighted by Crippen LogP contribution is -2.21. The van der Waals surface area contributed by atoms with Crippen LogP contribution in [0.5, 0.6) is 0 Å². The van der Waals surface area contributed by atoms with Crippen molar-refractivity contribution in [2.75, 3.05) is 48.9 Å². The monoisotopic (exact) mass is 343 g/mol. The molecule has 7 nitrogen and oxygen atoms in total. The van der Waals surface area contributed by atoms with Gasteiger partial charge in [0, 0.05) is 50.5 Å². The van der Waals surface area contributed by atoms with Gasteiger partial charge in [-0.15, -0.1) is 0 Å². The number of nitrogens with one attached hydrogen (secondary N) is 2. The summed E-state index contributed by atoms with van der Waals surface area (Å²) in [6.07, 6.45) is 3.00. The average molecular weight is 343 g/mol. The van der Waals surface area contributed by atoms with Crippen LogP contribution in [0.4, 0.5) is 17.3 Å². The number of aromatic nitrogens is 2. The number of ether oxygens (including phenoxy) is 1. The summed E-state index contributed by atoms with van der Waals surface area (Å²) in [5.74, 6) is 0.233. The van der Waals surface area contributed by atoms with Gasteiger partial charge >= 0.3 is 0 Å². The van der Waals surface area contributed by atoms with Gasteiger partial charge in [-0.25, -0.2) is 9.97 Å². The number of carbonyl (C=O) groups excluding carboxylic acids is 1. The maximum atomic E-state index is 12.3. The summed E-state index contributed by atoms with van der Waals surface area (Å²) in [5.41, 5.74) is 2.28. The Bertz CT molecular complexity index is 654. The Morgan fingerprint density at radius 3 is 2.32 bits per heavy atom. The third-order valence-electron chi connectivity index (χ3n) is 3.76. The molecule has 0 unspecified atom stereocenters. The second-order valence-electron chi connectivity index (χ2n) is 5.39. The zero-order valence-corrected chi connectivity index (χ0v) is 15.0. The highest BCUT2D eigenvalue weighted by atomic mass is 16.5. The number of methoxy groups -OCH3 is 1. The molecule has 1 aromatic heterocycles. The number of nitrogens with zero attached hydrogens (tertiary/aromatic N) is 3. The number of carbonyl (C=O) groups is 1. The van der Waals surface area contributed by atoms with Crippen molar-refractivity contribution >= 4 is 23.2 Å². The van der Waals surface area contributed by atoms with Crippen LogP contribution in [-0.2, 0) is 4.74 Å². The number of benzene rings is 1. The van der Waals surface area contributed by atoms with Crippen molar-refractivity contribution < 1.29 is 9.53 Å². The van der Waals surface area contributed by atoms with E-state index >= 15 is 0 Å². The standard InChI is InChI=1S/C18H25N5O2/c1-4-23(5-2)16-8-6-15(7-9-16)22-17(24)14-12-20-18(21-13-14)19-10-11-25-3/h6-9,12-13H,4-5,10-11H2,1-3H3,(H,22,24)(H,19,20,21). The summed E-state index contributed by atoms with van der Waals surface area (Å²) in [5, 5.41) is 5.86. The van der Waals surface area contributed by atoms with E-state index in [-0.39, 0.29) is 5.91 Å².